The van der Waals surface area contributed by atoms with Crippen LogP contribution >= 0.6 is 34.5 Å². The maximum absolute atomic E-state index is 12.6. The minimum atomic E-state index is -4.34. The van der Waals surface area contributed by atoms with Gasteiger partial charge in [0.2, 0.25) is 0 Å². The molecule has 0 saturated heterocycles. The highest BCUT2D eigenvalue weighted by Gasteiger charge is 2.30. The van der Waals surface area contributed by atoms with E-state index in [1.807, 2.05) is 6.92 Å². The number of hydrogen-bond donors (Lipinski definition) is 1. The van der Waals surface area contributed by atoms with E-state index in [4.69, 9.17) is 23.2 Å². The Kier molecular flexibility index (Phi) is 5.20. The number of thiophene rings is 1. The molecule has 1 N–H and O–H groups in total. The second-order valence-electron chi connectivity index (χ2n) is 4.39. The quantitative estimate of drug-likeness (QED) is 0.735. The lowest BCUT2D eigenvalue weighted by Crippen LogP contribution is -2.22. The van der Waals surface area contributed by atoms with E-state index in [0.717, 1.165) is 17.7 Å². The van der Waals surface area contributed by atoms with Gasteiger partial charge in [0.05, 0.1) is 20.3 Å². The van der Waals surface area contributed by atoms with Gasteiger partial charge < -0.3 is 5.32 Å². The molecule has 1 nitrogen and oxygen atoms in total. The summed E-state index contributed by atoms with van der Waals surface area (Å²) in [5.74, 6) is 0. The van der Waals surface area contributed by atoms with Gasteiger partial charge in [-0.05, 0) is 30.3 Å². The zero-order valence-corrected chi connectivity index (χ0v) is 13.3. The number of halogens is 5. The molecule has 1 heterocycles. The first kappa shape index (κ1) is 16.6. The van der Waals surface area contributed by atoms with Crippen LogP contribution in [0.5, 0.6) is 0 Å². The van der Waals surface area contributed by atoms with Gasteiger partial charge in [-0.2, -0.15) is 13.2 Å². The van der Waals surface area contributed by atoms with Crippen LogP contribution in [-0.4, -0.2) is 6.54 Å². The van der Waals surface area contributed by atoms with Gasteiger partial charge in [0.1, 0.15) is 0 Å². The van der Waals surface area contributed by atoms with Gasteiger partial charge in [0, 0.05) is 5.56 Å². The molecule has 0 saturated carbocycles. The third-order valence-corrected chi connectivity index (χ3v) is 4.49. The zero-order valence-electron chi connectivity index (χ0n) is 11.0. The summed E-state index contributed by atoms with van der Waals surface area (Å²) in [5, 5.41) is 3.21. The number of benzene rings is 1. The second kappa shape index (κ2) is 6.57. The highest BCUT2D eigenvalue weighted by atomic mass is 35.5. The summed E-state index contributed by atoms with van der Waals surface area (Å²) >= 11 is 13.3. The molecule has 7 heteroatoms. The maximum Gasteiger partial charge on any atom is 0.416 e. The predicted octanol–water partition coefficient (Wildman–Crippen LogP) is 5.77. The molecule has 0 spiro atoms. The van der Waals surface area contributed by atoms with Crippen molar-refractivity contribution in [2.24, 2.45) is 0 Å². The third kappa shape index (κ3) is 3.92. The molecule has 2 aromatic rings. The Balaban J connectivity index is 2.37. The Bertz CT molecular complexity index is 608. The van der Waals surface area contributed by atoms with E-state index in [-0.39, 0.29) is 6.04 Å². The van der Waals surface area contributed by atoms with Crippen LogP contribution in [0.4, 0.5) is 13.2 Å². The molecule has 0 aliphatic carbocycles. The molecule has 0 aliphatic heterocycles. The first-order valence-electron chi connectivity index (χ1n) is 6.18. The molecular weight excluding hydrogens is 342 g/mol. The van der Waals surface area contributed by atoms with Crippen LogP contribution in [0.3, 0.4) is 0 Å². The lowest BCUT2D eigenvalue weighted by Gasteiger charge is -2.19. The van der Waals surface area contributed by atoms with Crippen LogP contribution in [0.1, 0.15) is 29.7 Å². The Labute approximate surface area is 134 Å². The summed E-state index contributed by atoms with van der Waals surface area (Å²) in [6.45, 7) is 2.56. The lowest BCUT2D eigenvalue weighted by molar-refractivity contribution is -0.137. The van der Waals surface area contributed by atoms with E-state index in [1.165, 1.54) is 23.5 Å². The first-order chi connectivity index (χ1) is 9.82. The van der Waals surface area contributed by atoms with Crippen molar-refractivity contribution in [2.45, 2.75) is 19.1 Å². The summed E-state index contributed by atoms with van der Waals surface area (Å²) in [6.07, 6.45) is -4.34. The molecule has 1 unspecified atom stereocenters. The Hall–Kier alpha value is -0.750. The molecule has 0 bridgehead atoms. The smallest absolute Gasteiger partial charge is 0.306 e. The molecular formula is C14H12Cl2F3NS. The minimum Gasteiger partial charge on any atom is -0.306 e. The second-order valence-corrected chi connectivity index (χ2v) is 6.68. The number of alkyl halides is 3. The van der Waals surface area contributed by atoms with Crippen LogP contribution in [0.2, 0.25) is 8.67 Å². The Morgan fingerprint density at radius 2 is 1.81 bits per heavy atom. The first-order valence-corrected chi connectivity index (χ1v) is 7.75. The number of nitrogens with one attached hydrogen (secondary N) is 1. The Morgan fingerprint density at radius 1 is 1.19 bits per heavy atom. The fraction of sp³-hybridized carbons (Fsp3) is 0.286. The van der Waals surface area contributed by atoms with Crippen LogP contribution in [-0.2, 0) is 6.18 Å². The lowest BCUT2D eigenvalue weighted by atomic mass is 10.00. The third-order valence-electron chi connectivity index (χ3n) is 2.97. The van der Waals surface area contributed by atoms with Gasteiger partial charge in [-0.15, -0.1) is 11.3 Å². The normalized spacial score (nSPS) is 13.4. The fourth-order valence-electron chi connectivity index (χ4n) is 2.03. The molecule has 21 heavy (non-hydrogen) atoms. The number of hydrogen-bond acceptors (Lipinski definition) is 2. The zero-order chi connectivity index (χ0) is 15.6. The van der Waals surface area contributed by atoms with Crippen molar-refractivity contribution < 1.29 is 13.2 Å². The fourth-order valence-corrected chi connectivity index (χ4v) is 3.56. The van der Waals surface area contributed by atoms with Crippen molar-refractivity contribution in [2.75, 3.05) is 6.54 Å². The van der Waals surface area contributed by atoms with Crippen molar-refractivity contribution in [3.63, 3.8) is 0 Å². The maximum atomic E-state index is 12.6. The van der Waals surface area contributed by atoms with Crippen LogP contribution < -0.4 is 5.32 Å². The summed E-state index contributed by atoms with van der Waals surface area (Å²) < 4.78 is 38.9. The van der Waals surface area contributed by atoms with E-state index in [9.17, 15) is 13.2 Å². The van der Waals surface area contributed by atoms with Crippen molar-refractivity contribution in [3.8, 4) is 0 Å². The summed E-state index contributed by atoms with van der Waals surface area (Å²) in [4.78, 5) is 0. The standard InChI is InChI=1S/C14H12Cl2F3NS/c1-2-20-12(10-7-11(15)21-13(10)16)8-3-5-9(6-4-8)14(17,18)19/h3-7,12,20H,2H2,1H3. The van der Waals surface area contributed by atoms with Crippen LogP contribution in [0.25, 0.3) is 0 Å². The van der Waals surface area contributed by atoms with Crippen molar-refractivity contribution >= 4 is 34.5 Å². The largest absolute Gasteiger partial charge is 0.416 e. The summed E-state index contributed by atoms with van der Waals surface area (Å²) in [6, 6.07) is 6.51. The average molecular weight is 354 g/mol. The molecule has 1 atom stereocenters. The topological polar surface area (TPSA) is 12.0 Å². The van der Waals surface area contributed by atoms with Gasteiger partial charge in [0.25, 0.3) is 0 Å². The van der Waals surface area contributed by atoms with Gasteiger partial charge in [-0.25, -0.2) is 0 Å². The van der Waals surface area contributed by atoms with Crippen molar-refractivity contribution in [3.05, 3.63) is 55.7 Å². The molecule has 0 fully saturated rings. The predicted molar refractivity (Wildman–Crippen MR) is 81.3 cm³/mol. The van der Waals surface area contributed by atoms with E-state index in [2.05, 4.69) is 5.32 Å². The number of rotatable bonds is 4. The van der Waals surface area contributed by atoms with Crippen molar-refractivity contribution in [1.82, 2.24) is 5.32 Å². The summed E-state index contributed by atoms with van der Waals surface area (Å²) in [5.41, 5.74) is 0.811. The van der Waals surface area contributed by atoms with Gasteiger partial charge >= 0.3 is 6.18 Å². The van der Waals surface area contributed by atoms with Gasteiger partial charge in [-0.1, -0.05) is 42.3 Å². The molecule has 0 amide bonds. The molecule has 1 aromatic carbocycles. The van der Waals surface area contributed by atoms with E-state index < -0.39 is 11.7 Å². The van der Waals surface area contributed by atoms with Gasteiger partial charge in [0.15, 0.2) is 0 Å². The minimum absolute atomic E-state index is 0.284. The SMILES string of the molecule is CCNC(c1ccc(C(F)(F)F)cc1)c1cc(Cl)sc1Cl. The highest BCUT2D eigenvalue weighted by Crippen LogP contribution is 2.38. The van der Waals surface area contributed by atoms with E-state index in [0.29, 0.717) is 20.8 Å². The summed E-state index contributed by atoms with van der Waals surface area (Å²) in [7, 11) is 0. The molecule has 1 aromatic heterocycles. The van der Waals surface area contributed by atoms with Crippen molar-refractivity contribution in [1.29, 1.82) is 0 Å². The van der Waals surface area contributed by atoms with Crippen LogP contribution in [0, 0.1) is 0 Å². The highest BCUT2D eigenvalue weighted by molar-refractivity contribution is 7.20. The average Bonchev–Trinajstić information content (AvgIpc) is 2.74. The molecule has 114 valence electrons. The van der Waals surface area contributed by atoms with Gasteiger partial charge in [-0.3, -0.25) is 0 Å². The van der Waals surface area contributed by atoms with E-state index >= 15 is 0 Å². The molecule has 0 aliphatic rings. The Morgan fingerprint density at radius 3 is 2.24 bits per heavy atom. The molecule has 2 rings (SSSR count). The monoisotopic (exact) mass is 353 g/mol. The van der Waals surface area contributed by atoms with E-state index in [1.54, 1.807) is 6.07 Å². The van der Waals surface area contributed by atoms with Crippen LogP contribution in [0.15, 0.2) is 30.3 Å². The molecule has 0 radical (unpaired) electrons.